The van der Waals surface area contributed by atoms with Crippen LogP contribution < -0.4 is 5.73 Å². The molecule has 0 radical (unpaired) electrons. The van der Waals surface area contributed by atoms with Gasteiger partial charge in [0.15, 0.2) is 0 Å². The first-order valence-corrected chi connectivity index (χ1v) is 7.50. The van der Waals surface area contributed by atoms with E-state index in [0.717, 1.165) is 19.4 Å². The smallest absolute Gasteiger partial charge is 0.0874 e. The normalized spacial score (nSPS) is 21.4. The van der Waals surface area contributed by atoms with Gasteiger partial charge in [0.2, 0.25) is 0 Å². The fourth-order valence-corrected chi connectivity index (χ4v) is 3.65. The van der Waals surface area contributed by atoms with E-state index in [2.05, 4.69) is 25.3 Å². The highest BCUT2D eigenvalue weighted by atomic mass is 32.1. The van der Waals surface area contributed by atoms with E-state index in [1.807, 2.05) is 0 Å². The first kappa shape index (κ1) is 13.1. The fourth-order valence-electron chi connectivity index (χ4n) is 2.91. The standard InChI is InChI=1S/C14H23NOS/c1-3-16-14(7-5-4-6-8-14)13(15)12-9-11(2)17-10-12/h9-10,13H,3-8,15H2,1-2H3. The van der Waals surface area contributed by atoms with Crippen molar-refractivity contribution in [3.05, 3.63) is 21.9 Å². The van der Waals surface area contributed by atoms with Gasteiger partial charge in [-0.2, -0.15) is 0 Å². The molecule has 0 saturated heterocycles. The first-order chi connectivity index (χ1) is 8.18. The van der Waals surface area contributed by atoms with E-state index in [4.69, 9.17) is 10.5 Å². The van der Waals surface area contributed by atoms with Gasteiger partial charge in [0.05, 0.1) is 11.6 Å². The number of aryl methyl sites for hydroxylation is 1. The molecule has 0 spiro atoms. The van der Waals surface area contributed by atoms with Crippen LogP contribution in [0.2, 0.25) is 0 Å². The molecule has 96 valence electrons. The summed E-state index contributed by atoms with van der Waals surface area (Å²) in [6, 6.07) is 2.25. The highest BCUT2D eigenvalue weighted by molar-refractivity contribution is 7.10. The van der Waals surface area contributed by atoms with Gasteiger partial charge in [-0.25, -0.2) is 0 Å². The Kier molecular flexibility index (Phi) is 4.23. The number of thiophene rings is 1. The van der Waals surface area contributed by atoms with E-state index in [0.29, 0.717) is 0 Å². The second-order valence-electron chi connectivity index (χ2n) is 5.03. The zero-order valence-corrected chi connectivity index (χ0v) is 11.7. The molecule has 3 heteroatoms. The van der Waals surface area contributed by atoms with Crippen molar-refractivity contribution >= 4 is 11.3 Å². The number of ether oxygens (including phenoxy) is 1. The molecular formula is C14H23NOS. The third-order valence-electron chi connectivity index (χ3n) is 3.81. The molecule has 17 heavy (non-hydrogen) atoms. The molecule has 1 aromatic heterocycles. The van der Waals surface area contributed by atoms with Gasteiger partial charge in [0, 0.05) is 11.5 Å². The van der Waals surface area contributed by atoms with Crippen molar-refractivity contribution in [2.45, 2.75) is 57.6 Å². The number of nitrogens with two attached hydrogens (primary N) is 1. The molecule has 1 saturated carbocycles. The summed E-state index contributed by atoms with van der Waals surface area (Å²) in [6.45, 7) is 4.97. The van der Waals surface area contributed by atoms with Crippen molar-refractivity contribution in [3.63, 3.8) is 0 Å². The minimum Gasteiger partial charge on any atom is -0.373 e. The summed E-state index contributed by atoms with van der Waals surface area (Å²) in [5, 5.41) is 2.19. The zero-order valence-electron chi connectivity index (χ0n) is 10.9. The van der Waals surface area contributed by atoms with Gasteiger partial charge in [-0.05, 0) is 43.7 Å². The Morgan fingerprint density at radius 1 is 1.41 bits per heavy atom. The number of rotatable bonds is 4. The Bertz CT molecular complexity index is 349. The molecular weight excluding hydrogens is 230 g/mol. The third-order valence-corrected chi connectivity index (χ3v) is 4.69. The topological polar surface area (TPSA) is 35.2 Å². The van der Waals surface area contributed by atoms with Crippen LogP contribution in [0.4, 0.5) is 0 Å². The van der Waals surface area contributed by atoms with Crippen LogP contribution in [0.1, 0.15) is 55.5 Å². The largest absolute Gasteiger partial charge is 0.373 e. The van der Waals surface area contributed by atoms with Crippen LogP contribution in [0, 0.1) is 6.92 Å². The van der Waals surface area contributed by atoms with Crippen molar-refractivity contribution < 1.29 is 4.74 Å². The third kappa shape index (κ3) is 2.72. The predicted molar refractivity (Wildman–Crippen MR) is 73.4 cm³/mol. The molecule has 1 heterocycles. The average Bonchev–Trinajstić information content (AvgIpc) is 2.76. The van der Waals surface area contributed by atoms with Gasteiger partial charge in [0.25, 0.3) is 0 Å². The van der Waals surface area contributed by atoms with Gasteiger partial charge >= 0.3 is 0 Å². The molecule has 0 aliphatic heterocycles. The van der Waals surface area contributed by atoms with Crippen molar-refractivity contribution in [3.8, 4) is 0 Å². The summed E-state index contributed by atoms with van der Waals surface area (Å²) in [7, 11) is 0. The van der Waals surface area contributed by atoms with Crippen molar-refractivity contribution in [2.75, 3.05) is 6.61 Å². The predicted octanol–water partition coefficient (Wildman–Crippen LogP) is 3.80. The Balaban J connectivity index is 2.20. The van der Waals surface area contributed by atoms with Crippen LogP contribution in [0.25, 0.3) is 0 Å². The molecule has 2 N–H and O–H groups in total. The Labute approximate surface area is 108 Å². The maximum absolute atomic E-state index is 6.49. The monoisotopic (exact) mass is 253 g/mol. The second kappa shape index (κ2) is 5.51. The molecule has 0 aromatic carbocycles. The summed E-state index contributed by atoms with van der Waals surface area (Å²) < 4.78 is 6.08. The summed E-state index contributed by atoms with van der Waals surface area (Å²) in [4.78, 5) is 1.33. The fraction of sp³-hybridized carbons (Fsp3) is 0.714. The average molecular weight is 253 g/mol. The van der Waals surface area contributed by atoms with Crippen LogP contribution in [0.15, 0.2) is 11.4 Å². The molecule has 1 fully saturated rings. The van der Waals surface area contributed by atoms with Crippen LogP contribution in [0.3, 0.4) is 0 Å². The van der Waals surface area contributed by atoms with Gasteiger partial charge in [-0.3, -0.25) is 0 Å². The summed E-state index contributed by atoms with van der Waals surface area (Å²) >= 11 is 1.78. The molecule has 1 aliphatic rings. The minimum atomic E-state index is -0.111. The van der Waals surface area contributed by atoms with Crippen LogP contribution in [0.5, 0.6) is 0 Å². The number of hydrogen-bond acceptors (Lipinski definition) is 3. The van der Waals surface area contributed by atoms with E-state index in [1.165, 1.54) is 29.7 Å². The van der Waals surface area contributed by atoms with E-state index >= 15 is 0 Å². The summed E-state index contributed by atoms with van der Waals surface area (Å²) in [6.07, 6.45) is 6.03. The molecule has 1 atom stereocenters. The molecule has 0 amide bonds. The second-order valence-corrected chi connectivity index (χ2v) is 6.14. The molecule has 1 unspecified atom stereocenters. The first-order valence-electron chi connectivity index (χ1n) is 6.62. The molecule has 2 nitrogen and oxygen atoms in total. The lowest BCUT2D eigenvalue weighted by molar-refractivity contribution is -0.0830. The van der Waals surface area contributed by atoms with Gasteiger partial charge in [-0.15, -0.1) is 11.3 Å². The lowest BCUT2D eigenvalue weighted by atomic mass is 9.77. The van der Waals surface area contributed by atoms with E-state index in [1.54, 1.807) is 11.3 Å². The quantitative estimate of drug-likeness (QED) is 0.886. The molecule has 0 bridgehead atoms. The van der Waals surface area contributed by atoms with E-state index in [9.17, 15) is 0 Å². The Hall–Kier alpha value is -0.380. The molecule has 1 aromatic rings. The molecule has 2 rings (SSSR count). The lowest BCUT2D eigenvalue weighted by Crippen LogP contribution is -2.45. The highest BCUT2D eigenvalue weighted by Gasteiger charge is 2.39. The summed E-state index contributed by atoms with van der Waals surface area (Å²) in [5.74, 6) is 0. The zero-order chi connectivity index (χ0) is 12.3. The summed E-state index contributed by atoms with van der Waals surface area (Å²) in [5.41, 5.74) is 7.63. The SMILES string of the molecule is CCOC1(C(N)c2csc(C)c2)CCCCC1. The Morgan fingerprint density at radius 2 is 2.12 bits per heavy atom. The maximum Gasteiger partial charge on any atom is 0.0874 e. The van der Waals surface area contributed by atoms with Gasteiger partial charge < -0.3 is 10.5 Å². The lowest BCUT2D eigenvalue weighted by Gasteiger charge is -2.41. The van der Waals surface area contributed by atoms with E-state index < -0.39 is 0 Å². The molecule has 1 aliphatic carbocycles. The van der Waals surface area contributed by atoms with Crippen molar-refractivity contribution in [1.82, 2.24) is 0 Å². The van der Waals surface area contributed by atoms with Crippen molar-refractivity contribution in [1.29, 1.82) is 0 Å². The maximum atomic E-state index is 6.49. The van der Waals surface area contributed by atoms with Gasteiger partial charge in [0.1, 0.15) is 0 Å². The highest BCUT2D eigenvalue weighted by Crippen LogP contribution is 2.41. The minimum absolute atomic E-state index is 0.0349. The van der Waals surface area contributed by atoms with Crippen LogP contribution in [-0.4, -0.2) is 12.2 Å². The van der Waals surface area contributed by atoms with Crippen LogP contribution >= 0.6 is 11.3 Å². The van der Waals surface area contributed by atoms with Crippen LogP contribution in [-0.2, 0) is 4.74 Å². The van der Waals surface area contributed by atoms with Gasteiger partial charge in [-0.1, -0.05) is 19.3 Å². The van der Waals surface area contributed by atoms with E-state index in [-0.39, 0.29) is 11.6 Å². The number of hydrogen-bond donors (Lipinski definition) is 1. The Morgan fingerprint density at radius 3 is 2.65 bits per heavy atom. The van der Waals surface area contributed by atoms with Crippen molar-refractivity contribution in [2.24, 2.45) is 5.73 Å².